The van der Waals surface area contributed by atoms with E-state index in [-0.39, 0.29) is 5.54 Å². The van der Waals surface area contributed by atoms with Crippen molar-refractivity contribution in [3.05, 3.63) is 28.9 Å². The van der Waals surface area contributed by atoms with Crippen molar-refractivity contribution in [3.8, 4) is 0 Å². The largest absolute Gasteiger partial charge is 0.396 e. The Morgan fingerprint density at radius 2 is 2.16 bits per heavy atom. The van der Waals surface area contributed by atoms with Crippen LogP contribution >= 0.6 is 15.9 Å². The van der Waals surface area contributed by atoms with Gasteiger partial charge in [-0.25, -0.2) is 0 Å². The van der Waals surface area contributed by atoms with Crippen molar-refractivity contribution in [1.29, 1.82) is 0 Å². The smallest absolute Gasteiger partial charge is 0.0745 e. The summed E-state index contributed by atoms with van der Waals surface area (Å²) in [6, 6.07) is 6.16. The van der Waals surface area contributed by atoms with Crippen molar-refractivity contribution in [2.45, 2.75) is 32.2 Å². The first-order valence-electron chi connectivity index (χ1n) is 6.60. The van der Waals surface area contributed by atoms with Crippen LogP contribution in [0.4, 0.5) is 11.4 Å². The zero-order valence-corrected chi connectivity index (χ0v) is 12.9. The fourth-order valence-corrected chi connectivity index (χ4v) is 3.35. The van der Waals surface area contributed by atoms with Crippen LogP contribution in [0.15, 0.2) is 28.9 Å². The highest BCUT2D eigenvalue weighted by atomic mass is 79.9. The van der Waals surface area contributed by atoms with Crippen LogP contribution in [0.3, 0.4) is 0 Å². The Hall–Kier alpha value is -1.29. The predicted octanol–water partition coefficient (Wildman–Crippen LogP) is 3.96. The quantitative estimate of drug-likeness (QED) is 0.865. The van der Waals surface area contributed by atoms with E-state index in [1.54, 1.807) is 6.20 Å². The van der Waals surface area contributed by atoms with Crippen LogP contribution in [0.25, 0.3) is 10.9 Å². The second kappa shape index (κ2) is 4.37. The van der Waals surface area contributed by atoms with Crippen molar-refractivity contribution in [3.63, 3.8) is 0 Å². The van der Waals surface area contributed by atoms with Gasteiger partial charge in [0.25, 0.3) is 0 Å². The van der Waals surface area contributed by atoms with E-state index in [0.717, 1.165) is 33.3 Å². The highest BCUT2D eigenvalue weighted by Gasteiger charge is 2.34. The molecule has 1 saturated heterocycles. The fourth-order valence-electron chi connectivity index (χ4n) is 2.99. The van der Waals surface area contributed by atoms with Crippen molar-refractivity contribution < 1.29 is 0 Å². The number of rotatable bonds is 1. The Labute approximate surface area is 121 Å². The average molecular weight is 320 g/mol. The average Bonchev–Trinajstić information content (AvgIpc) is 2.69. The zero-order chi connectivity index (χ0) is 13.6. The van der Waals surface area contributed by atoms with E-state index >= 15 is 0 Å². The summed E-state index contributed by atoms with van der Waals surface area (Å²) in [6.07, 6.45) is 4.19. The number of hydrogen-bond acceptors (Lipinski definition) is 3. The van der Waals surface area contributed by atoms with Gasteiger partial charge in [-0.3, -0.25) is 4.98 Å². The first-order valence-corrected chi connectivity index (χ1v) is 7.40. The first-order chi connectivity index (χ1) is 8.99. The minimum Gasteiger partial charge on any atom is -0.396 e. The van der Waals surface area contributed by atoms with E-state index in [1.807, 2.05) is 12.1 Å². The lowest BCUT2D eigenvalue weighted by molar-refractivity contribution is 0.519. The lowest BCUT2D eigenvalue weighted by Crippen LogP contribution is -2.38. The Kier molecular flexibility index (Phi) is 2.93. The van der Waals surface area contributed by atoms with Crippen molar-refractivity contribution in [2.24, 2.45) is 0 Å². The number of nitrogens with zero attached hydrogens (tertiary/aromatic N) is 2. The minimum atomic E-state index is 0.157. The molecule has 1 fully saturated rings. The predicted molar refractivity (Wildman–Crippen MR) is 84.5 cm³/mol. The van der Waals surface area contributed by atoms with Gasteiger partial charge in [0, 0.05) is 21.9 Å². The van der Waals surface area contributed by atoms with E-state index in [1.165, 1.54) is 12.8 Å². The van der Waals surface area contributed by atoms with Crippen LogP contribution in [0.5, 0.6) is 0 Å². The number of aromatic nitrogens is 1. The number of anilines is 2. The molecule has 0 radical (unpaired) electrons. The molecule has 19 heavy (non-hydrogen) atoms. The molecule has 3 rings (SSSR count). The number of pyridine rings is 1. The number of fused-ring (bicyclic) bond motifs is 1. The Morgan fingerprint density at radius 3 is 2.84 bits per heavy atom. The van der Waals surface area contributed by atoms with Crippen LogP contribution in [0, 0.1) is 0 Å². The second-order valence-corrected chi connectivity index (χ2v) is 6.71. The summed E-state index contributed by atoms with van der Waals surface area (Å²) in [5.41, 5.74) is 9.27. The zero-order valence-electron chi connectivity index (χ0n) is 11.3. The highest BCUT2D eigenvalue weighted by Crippen LogP contribution is 2.41. The molecule has 1 aromatic carbocycles. The van der Waals surface area contributed by atoms with Gasteiger partial charge in [0.05, 0.1) is 23.1 Å². The maximum atomic E-state index is 6.22. The maximum Gasteiger partial charge on any atom is 0.0745 e. The molecule has 0 unspecified atom stereocenters. The molecule has 0 aliphatic carbocycles. The molecule has 4 heteroatoms. The molecule has 0 saturated carbocycles. The molecule has 0 bridgehead atoms. The van der Waals surface area contributed by atoms with Crippen LogP contribution in [-0.4, -0.2) is 17.1 Å². The van der Waals surface area contributed by atoms with Crippen LogP contribution in [0.1, 0.15) is 26.7 Å². The van der Waals surface area contributed by atoms with Crippen LogP contribution < -0.4 is 10.6 Å². The summed E-state index contributed by atoms with van der Waals surface area (Å²) in [4.78, 5) is 6.86. The van der Waals surface area contributed by atoms with Crippen molar-refractivity contribution in [2.75, 3.05) is 17.2 Å². The van der Waals surface area contributed by atoms with E-state index in [4.69, 9.17) is 5.73 Å². The summed E-state index contributed by atoms with van der Waals surface area (Å²) in [5.74, 6) is 0. The normalized spacial score (nSPS) is 18.2. The topological polar surface area (TPSA) is 42.1 Å². The summed E-state index contributed by atoms with van der Waals surface area (Å²) in [6.45, 7) is 5.62. The molecule has 1 aliphatic rings. The van der Waals surface area contributed by atoms with E-state index < -0.39 is 0 Å². The molecule has 1 aromatic heterocycles. The maximum absolute atomic E-state index is 6.22. The van der Waals surface area contributed by atoms with Gasteiger partial charge in [-0.05, 0) is 44.9 Å². The molecule has 0 amide bonds. The van der Waals surface area contributed by atoms with Gasteiger partial charge >= 0.3 is 0 Å². The first kappa shape index (κ1) is 12.7. The molecule has 0 atom stereocenters. The Balaban J connectivity index is 2.27. The lowest BCUT2D eigenvalue weighted by atomic mass is 10.0. The van der Waals surface area contributed by atoms with Gasteiger partial charge in [-0.15, -0.1) is 0 Å². The molecule has 1 aliphatic heterocycles. The monoisotopic (exact) mass is 319 g/mol. The van der Waals surface area contributed by atoms with Crippen LogP contribution in [-0.2, 0) is 0 Å². The second-order valence-electron chi connectivity index (χ2n) is 5.79. The fraction of sp³-hybridized carbons (Fsp3) is 0.400. The van der Waals surface area contributed by atoms with Gasteiger partial charge in [0.1, 0.15) is 0 Å². The Morgan fingerprint density at radius 1 is 1.37 bits per heavy atom. The summed E-state index contributed by atoms with van der Waals surface area (Å²) in [7, 11) is 0. The third-order valence-corrected chi connectivity index (χ3v) is 4.49. The number of benzene rings is 1. The summed E-state index contributed by atoms with van der Waals surface area (Å²) < 4.78 is 1.06. The van der Waals surface area contributed by atoms with E-state index in [2.05, 4.69) is 45.7 Å². The van der Waals surface area contributed by atoms with Gasteiger partial charge in [-0.2, -0.15) is 0 Å². The van der Waals surface area contributed by atoms with E-state index in [0.29, 0.717) is 0 Å². The number of hydrogen-bond donors (Lipinski definition) is 1. The molecule has 2 aromatic rings. The third-order valence-electron chi connectivity index (χ3n) is 4.00. The number of nitrogens with two attached hydrogens (primary N) is 1. The molecule has 3 nitrogen and oxygen atoms in total. The number of nitrogen functional groups attached to an aromatic ring is 1. The van der Waals surface area contributed by atoms with Crippen molar-refractivity contribution >= 4 is 38.2 Å². The molecule has 100 valence electrons. The van der Waals surface area contributed by atoms with Gasteiger partial charge in [-0.1, -0.05) is 15.9 Å². The van der Waals surface area contributed by atoms with Crippen LogP contribution in [0.2, 0.25) is 0 Å². The molecular formula is C15H18BrN3. The van der Waals surface area contributed by atoms with Gasteiger partial charge < -0.3 is 10.6 Å². The lowest BCUT2D eigenvalue weighted by Gasteiger charge is -2.35. The summed E-state index contributed by atoms with van der Waals surface area (Å²) in [5, 5.41) is 1.13. The third kappa shape index (κ3) is 2.08. The highest BCUT2D eigenvalue weighted by molar-refractivity contribution is 9.10. The SMILES string of the molecule is CC1(C)CCCN1c1c(N)cnc2ccc(Br)cc12. The molecular weight excluding hydrogens is 302 g/mol. The molecule has 2 heterocycles. The van der Waals surface area contributed by atoms with Gasteiger partial charge in [0.15, 0.2) is 0 Å². The van der Waals surface area contributed by atoms with Gasteiger partial charge in [0.2, 0.25) is 0 Å². The van der Waals surface area contributed by atoms with Crippen molar-refractivity contribution in [1.82, 2.24) is 4.98 Å². The summed E-state index contributed by atoms with van der Waals surface area (Å²) >= 11 is 3.54. The Bertz CT molecular complexity index is 631. The standard InChI is InChI=1S/C15H18BrN3/c1-15(2)6-3-7-19(15)14-11-8-10(16)4-5-13(11)18-9-12(14)17/h4-5,8-9H,3,6-7,17H2,1-2H3. The number of halogens is 1. The molecule has 0 spiro atoms. The minimum absolute atomic E-state index is 0.157. The van der Waals surface area contributed by atoms with E-state index in [9.17, 15) is 0 Å². The molecule has 2 N–H and O–H groups in total.